The predicted molar refractivity (Wildman–Crippen MR) is 73.0 cm³/mol. The standard InChI is InChI=1S/C13H13ClN2OS/c1-8-5-9(2)16-13(15-8)18-12-4-3-11(14)6-10(12)7-17/h3-6,17H,7H2,1-2H3. The number of hydrogen-bond acceptors (Lipinski definition) is 4. The molecule has 0 amide bonds. The summed E-state index contributed by atoms with van der Waals surface area (Å²) in [5, 5.41) is 10.6. The lowest BCUT2D eigenvalue weighted by molar-refractivity contribution is 0.279. The van der Waals surface area contributed by atoms with Crippen LogP contribution < -0.4 is 0 Å². The summed E-state index contributed by atoms with van der Waals surface area (Å²) in [6.45, 7) is 3.83. The topological polar surface area (TPSA) is 46.0 Å². The molecule has 2 aromatic rings. The summed E-state index contributed by atoms with van der Waals surface area (Å²) in [6, 6.07) is 7.36. The van der Waals surface area contributed by atoms with Crippen molar-refractivity contribution in [3.05, 3.63) is 46.2 Å². The predicted octanol–water partition coefficient (Wildman–Crippen LogP) is 3.39. The van der Waals surface area contributed by atoms with E-state index < -0.39 is 0 Å². The van der Waals surface area contributed by atoms with E-state index in [1.165, 1.54) is 11.8 Å². The number of halogens is 1. The van der Waals surface area contributed by atoms with E-state index in [0.717, 1.165) is 21.8 Å². The van der Waals surface area contributed by atoms with E-state index in [4.69, 9.17) is 11.6 Å². The number of aryl methyl sites for hydroxylation is 2. The van der Waals surface area contributed by atoms with Crippen molar-refractivity contribution in [2.24, 2.45) is 0 Å². The van der Waals surface area contributed by atoms with Crippen molar-refractivity contribution in [1.82, 2.24) is 9.97 Å². The summed E-state index contributed by atoms with van der Waals surface area (Å²) in [5.74, 6) is 0. The number of benzene rings is 1. The molecule has 0 saturated carbocycles. The highest BCUT2D eigenvalue weighted by Gasteiger charge is 2.07. The van der Waals surface area contributed by atoms with Crippen molar-refractivity contribution < 1.29 is 5.11 Å². The Bertz CT molecular complexity index is 555. The average Bonchev–Trinajstić information content (AvgIpc) is 2.30. The van der Waals surface area contributed by atoms with E-state index >= 15 is 0 Å². The number of hydrogen-bond donors (Lipinski definition) is 1. The molecule has 18 heavy (non-hydrogen) atoms. The lowest BCUT2D eigenvalue weighted by Crippen LogP contribution is -1.94. The third kappa shape index (κ3) is 3.22. The molecule has 5 heteroatoms. The Morgan fingerprint density at radius 2 is 1.83 bits per heavy atom. The Balaban J connectivity index is 2.33. The highest BCUT2D eigenvalue weighted by molar-refractivity contribution is 7.99. The molecule has 0 spiro atoms. The molecule has 0 atom stereocenters. The molecule has 3 nitrogen and oxygen atoms in total. The van der Waals surface area contributed by atoms with E-state index in [2.05, 4.69) is 9.97 Å². The molecule has 1 aromatic carbocycles. The van der Waals surface area contributed by atoms with Crippen molar-refractivity contribution in [2.75, 3.05) is 0 Å². The molecule has 0 unspecified atom stereocenters. The van der Waals surface area contributed by atoms with Crippen LogP contribution in [0.3, 0.4) is 0 Å². The van der Waals surface area contributed by atoms with Crippen LogP contribution in [0.25, 0.3) is 0 Å². The summed E-state index contributed by atoms with van der Waals surface area (Å²) in [6.07, 6.45) is 0. The van der Waals surface area contributed by atoms with E-state index in [1.807, 2.05) is 26.0 Å². The van der Waals surface area contributed by atoms with Crippen molar-refractivity contribution in [2.45, 2.75) is 30.5 Å². The maximum Gasteiger partial charge on any atom is 0.192 e. The Kier molecular flexibility index (Phi) is 4.22. The van der Waals surface area contributed by atoms with Gasteiger partial charge in [0.1, 0.15) is 0 Å². The van der Waals surface area contributed by atoms with E-state index in [9.17, 15) is 5.11 Å². The zero-order valence-corrected chi connectivity index (χ0v) is 11.7. The summed E-state index contributed by atoms with van der Waals surface area (Å²) < 4.78 is 0. The van der Waals surface area contributed by atoms with Crippen LogP contribution in [0.4, 0.5) is 0 Å². The fraction of sp³-hybridized carbons (Fsp3) is 0.231. The van der Waals surface area contributed by atoms with Crippen molar-refractivity contribution in [3.8, 4) is 0 Å². The highest BCUT2D eigenvalue weighted by atomic mass is 35.5. The van der Waals surface area contributed by atoms with Gasteiger partial charge in [-0.05, 0) is 55.4 Å². The van der Waals surface area contributed by atoms with Gasteiger partial charge < -0.3 is 5.11 Å². The van der Waals surface area contributed by atoms with Gasteiger partial charge in [0.05, 0.1) is 6.61 Å². The van der Waals surface area contributed by atoms with Gasteiger partial charge >= 0.3 is 0 Å². The monoisotopic (exact) mass is 280 g/mol. The minimum Gasteiger partial charge on any atom is -0.392 e. The smallest absolute Gasteiger partial charge is 0.192 e. The van der Waals surface area contributed by atoms with E-state index in [1.54, 1.807) is 12.1 Å². The Morgan fingerprint density at radius 3 is 2.44 bits per heavy atom. The first-order valence-electron chi connectivity index (χ1n) is 5.48. The summed E-state index contributed by atoms with van der Waals surface area (Å²) >= 11 is 7.33. The molecule has 2 rings (SSSR count). The number of rotatable bonds is 3. The van der Waals surface area contributed by atoms with Gasteiger partial charge in [0.15, 0.2) is 5.16 Å². The molecule has 0 aliphatic carbocycles. The second-order valence-corrected chi connectivity index (χ2v) is 5.39. The number of aliphatic hydroxyl groups is 1. The number of aliphatic hydroxyl groups excluding tert-OH is 1. The lowest BCUT2D eigenvalue weighted by atomic mass is 10.2. The van der Waals surface area contributed by atoms with Crippen LogP contribution in [0.15, 0.2) is 34.3 Å². The van der Waals surface area contributed by atoms with Gasteiger partial charge in [0.2, 0.25) is 0 Å². The van der Waals surface area contributed by atoms with Gasteiger partial charge in [-0.3, -0.25) is 0 Å². The molecule has 0 fully saturated rings. The van der Waals surface area contributed by atoms with Crippen LogP contribution in [0.2, 0.25) is 5.02 Å². The SMILES string of the molecule is Cc1cc(C)nc(Sc2ccc(Cl)cc2CO)n1. The minimum atomic E-state index is -0.0479. The first-order valence-corrected chi connectivity index (χ1v) is 6.67. The molecule has 94 valence electrons. The van der Waals surface area contributed by atoms with Gasteiger partial charge in [0, 0.05) is 21.3 Å². The Morgan fingerprint density at radius 1 is 1.17 bits per heavy atom. The zero-order chi connectivity index (χ0) is 13.1. The number of aromatic nitrogens is 2. The number of nitrogens with zero attached hydrogens (tertiary/aromatic N) is 2. The minimum absolute atomic E-state index is 0.0479. The zero-order valence-electron chi connectivity index (χ0n) is 10.1. The highest BCUT2D eigenvalue weighted by Crippen LogP contribution is 2.30. The molecular formula is C13H13ClN2OS. The first kappa shape index (κ1) is 13.3. The Labute approximate surface area is 115 Å². The van der Waals surface area contributed by atoms with Crippen molar-refractivity contribution >= 4 is 23.4 Å². The van der Waals surface area contributed by atoms with E-state index in [-0.39, 0.29) is 6.61 Å². The van der Waals surface area contributed by atoms with Crippen LogP contribution in [0.1, 0.15) is 17.0 Å². The maximum absolute atomic E-state index is 9.32. The fourth-order valence-electron chi connectivity index (χ4n) is 1.61. The van der Waals surface area contributed by atoms with Crippen LogP contribution >= 0.6 is 23.4 Å². The lowest BCUT2D eigenvalue weighted by Gasteiger charge is -2.07. The third-order valence-corrected chi connectivity index (χ3v) is 3.57. The maximum atomic E-state index is 9.32. The van der Waals surface area contributed by atoms with Crippen molar-refractivity contribution in [3.63, 3.8) is 0 Å². The molecule has 1 N–H and O–H groups in total. The first-order chi connectivity index (χ1) is 8.58. The van der Waals surface area contributed by atoms with Crippen LogP contribution in [-0.4, -0.2) is 15.1 Å². The fourth-order valence-corrected chi connectivity index (χ4v) is 2.77. The molecule has 0 aliphatic heterocycles. The molecule has 0 radical (unpaired) electrons. The molecule has 1 aromatic heterocycles. The molecule has 0 aliphatic rings. The second-order valence-electron chi connectivity index (χ2n) is 3.95. The quantitative estimate of drug-likeness (QED) is 0.876. The summed E-state index contributed by atoms with van der Waals surface area (Å²) in [4.78, 5) is 9.65. The molecule has 0 bridgehead atoms. The van der Waals surface area contributed by atoms with E-state index in [0.29, 0.717) is 10.2 Å². The Hall–Kier alpha value is -1.10. The second kappa shape index (κ2) is 5.69. The normalized spacial score (nSPS) is 10.7. The average molecular weight is 281 g/mol. The largest absolute Gasteiger partial charge is 0.392 e. The van der Waals surface area contributed by atoms with Gasteiger partial charge in [-0.2, -0.15) is 0 Å². The molecule has 0 saturated heterocycles. The summed E-state index contributed by atoms with van der Waals surface area (Å²) in [5.41, 5.74) is 2.66. The molecule has 1 heterocycles. The van der Waals surface area contributed by atoms with Gasteiger partial charge in [-0.1, -0.05) is 11.6 Å². The molecular weight excluding hydrogens is 268 g/mol. The van der Waals surface area contributed by atoms with Crippen LogP contribution in [0.5, 0.6) is 0 Å². The van der Waals surface area contributed by atoms with Gasteiger partial charge in [0.25, 0.3) is 0 Å². The van der Waals surface area contributed by atoms with Crippen LogP contribution in [0, 0.1) is 13.8 Å². The van der Waals surface area contributed by atoms with Crippen LogP contribution in [-0.2, 0) is 6.61 Å². The summed E-state index contributed by atoms with van der Waals surface area (Å²) in [7, 11) is 0. The van der Waals surface area contributed by atoms with Gasteiger partial charge in [-0.15, -0.1) is 0 Å². The van der Waals surface area contributed by atoms with Crippen molar-refractivity contribution in [1.29, 1.82) is 0 Å². The van der Waals surface area contributed by atoms with Gasteiger partial charge in [-0.25, -0.2) is 9.97 Å². The third-order valence-electron chi connectivity index (χ3n) is 2.36.